The fourth-order valence-electron chi connectivity index (χ4n) is 2.34. The van der Waals surface area contributed by atoms with Crippen LogP contribution in [0, 0.1) is 12.8 Å². The first-order valence-corrected chi connectivity index (χ1v) is 5.45. The van der Waals surface area contributed by atoms with E-state index in [1.54, 1.807) is 0 Å². The summed E-state index contributed by atoms with van der Waals surface area (Å²) in [5, 5.41) is 13.4. The van der Waals surface area contributed by atoms with E-state index in [1.165, 1.54) is 16.8 Å². The van der Waals surface area contributed by atoms with E-state index in [0.29, 0.717) is 12.5 Å². The number of aliphatic hydroxyl groups excluding tert-OH is 1. The van der Waals surface area contributed by atoms with Crippen molar-refractivity contribution in [2.75, 3.05) is 6.61 Å². The zero-order chi connectivity index (χ0) is 11.0. The first kappa shape index (κ1) is 10.4. The molecule has 0 spiro atoms. The highest BCUT2D eigenvalue weighted by molar-refractivity contribution is 5.33. The molecule has 1 aliphatic carbocycles. The van der Waals surface area contributed by atoms with Crippen molar-refractivity contribution >= 4 is 0 Å². The molecular formula is C12H18N2O. The molecule has 3 nitrogen and oxygen atoms in total. The van der Waals surface area contributed by atoms with E-state index in [1.807, 2.05) is 11.6 Å². The number of nitrogens with zero attached hydrogens (tertiary/aromatic N) is 2. The maximum absolute atomic E-state index is 8.96. The second-order valence-electron chi connectivity index (χ2n) is 4.41. The standard InChI is InChI=1S/C12H18N2O/c1-8(2)10-6-11-9(3)13-14(4-5-15)12(11)7-10/h10,15H,1,4-7H2,2-3H3/t10-/m1/s1. The fourth-order valence-corrected chi connectivity index (χ4v) is 2.34. The molecule has 0 aliphatic heterocycles. The van der Waals surface area contributed by atoms with Gasteiger partial charge in [0.1, 0.15) is 0 Å². The third kappa shape index (κ3) is 1.72. The molecule has 0 amide bonds. The lowest BCUT2D eigenvalue weighted by atomic mass is 9.99. The molecule has 0 saturated heterocycles. The summed E-state index contributed by atoms with van der Waals surface area (Å²) in [6.07, 6.45) is 2.10. The van der Waals surface area contributed by atoms with Crippen LogP contribution in [0.15, 0.2) is 12.2 Å². The Balaban J connectivity index is 2.29. The predicted molar refractivity (Wildman–Crippen MR) is 59.8 cm³/mol. The number of aliphatic hydroxyl groups is 1. The second kappa shape index (κ2) is 3.81. The van der Waals surface area contributed by atoms with E-state index in [0.717, 1.165) is 18.5 Å². The molecule has 0 fully saturated rings. The van der Waals surface area contributed by atoms with Gasteiger partial charge in [0.05, 0.1) is 18.8 Å². The number of aryl methyl sites for hydroxylation is 1. The SMILES string of the molecule is C=C(C)[C@@H]1Cc2c(C)nn(CCO)c2C1. The van der Waals surface area contributed by atoms with Crippen molar-refractivity contribution in [3.63, 3.8) is 0 Å². The third-order valence-corrected chi connectivity index (χ3v) is 3.27. The molecular weight excluding hydrogens is 188 g/mol. The van der Waals surface area contributed by atoms with Gasteiger partial charge in [-0.1, -0.05) is 12.2 Å². The number of fused-ring (bicyclic) bond motifs is 1. The van der Waals surface area contributed by atoms with Gasteiger partial charge in [0, 0.05) is 5.69 Å². The molecule has 1 N–H and O–H groups in total. The molecule has 82 valence electrons. The van der Waals surface area contributed by atoms with Gasteiger partial charge >= 0.3 is 0 Å². The lowest BCUT2D eigenvalue weighted by Crippen LogP contribution is -2.10. The molecule has 1 heterocycles. The first-order valence-electron chi connectivity index (χ1n) is 5.45. The topological polar surface area (TPSA) is 38.0 Å². The quantitative estimate of drug-likeness (QED) is 0.761. The Morgan fingerprint density at radius 2 is 2.33 bits per heavy atom. The van der Waals surface area contributed by atoms with Gasteiger partial charge in [-0.25, -0.2) is 0 Å². The van der Waals surface area contributed by atoms with E-state index in [2.05, 4.69) is 18.6 Å². The van der Waals surface area contributed by atoms with Crippen molar-refractivity contribution in [1.29, 1.82) is 0 Å². The van der Waals surface area contributed by atoms with Gasteiger partial charge in [0.25, 0.3) is 0 Å². The van der Waals surface area contributed by atoms with Gasteiger partial charge in [-0.2, -0.15) is 5.10 Å². The summed E-state index contributed by atoms with van der Waals surface area (Å²) in [4.78, 5) is 0. The number of hydrogen-bond acceptors (Lipinski definition) is 2. The van der Waals surface area contributed by atoms with E-state index in [-0.39, 0.29) is 6.61 Å². The molecule has 15 heavy (non-hydrogen) atoms. The minimum absolute atomic E-state index is 0.158. The molecule has 2 rings (SSSR count). The summed E-state index contributed by atoms with van der Waals surface area (Å²) >= 11 is 0. The maximum atomic E-state index is 8.96. The van der Waals surface area contributed by atoms with Crippen LogP contribution in [-0.2, 0) is 19.4 Å². The predicted octanol–water partition coefficient (Wildman–Crippen LogP) is 1.47. The minimum atomic E-state index is 0.158. The molecule has 0 bridgehead atoms. The van der Waals surface area contributed by atoms with Crippen molar-refractivity contribution < 1.29 is 5.11 Å². The normalized spacial score (nSPS) is 19.3. The van der Waals surface area contributed by atoms with Crippen molar-refractivity contribution in [3.05, 3.63) is 29.1 Å². The highest BCUT2D eigenvalue weighted by Crippen LogP contribution is 2.32. The lowest BCUT2D eigenvalue weighted by Gasteiger charge is -2.09. The Kier molecular flexibility index (Phi) is 2.65. The van der Waals surface area contributed by atoms with Gasteiger partial charge in [-0.15, -0.1) is 0 Å². The highest BCUT2D eigenvalue weighted by Gasteiger charge is 2.27. The van der Waals surface area contributed by atoms with Crippen LogP contribution >= 0.6 is 0 Å². The van der Waals surface area contributed by atoms with E-state index < -0.39 is 0 Å². The summed E-state index contributed by atoms with van der Waals surface area (Å²) in [6, 6.07) is 0. The number of aromatic nitrogens is 2. The monoisotopic (exact) mass is 206 g/mol. The lowest BCUT2D eigenvalue weighted by molar-refractivity contribution is 0.267. The average molecular weight is 206 g/mol. The number of hydrogen-bond donors (Lipinski definition) is 1. The van der Waals surface area contributed by atoms with Crippen LogP contribution in [0.4, 0.5) is 0 Å². The summed E-state index contributed by atoms with van der Waals surface area (Å²) in [5.74, 6) is 0.571. The molecule has 0 unspecified atom stereocenters. The van der Waals surface area contributed by atoms with Crippen LogP contribution in [0.1, 0.15) is 23.9 Å². The first-order chi connectivity index (χ1) is 7.13. The van der Waals surface area contributed by atoms with Gasteiger partial charge < -0.3 is 5.11 Å². The molecule has 0 aromatic carbocycles. The Bertz CT molecular complexity index is 393. The summed E-state index contributed by atoms with van der Waals surface area (Å²) in [6.45, 7) is 8.94. The van der Waals surface area contributed by atoms with Crippen LogP contribution in [0.2, 0.25) is 0 Å². The van der Waals surface area contributed by atoms with Crippen LogP contribution < -0.4 is 0 Å². The van der Waals surface area contributed by atoms with E-state index in [9.17, 15) is 0 Å². The van der Waals surface area contributed by atoms with Crippen molar-refractivity contribution in [1.82, 2.24) is 9.78 Å². The largest absolute Gasteiger partial charge is 0.394 e. The van der Waals surface area contributed by atoms with Gasteiger partial charge in [-0.05, 0) is 38.2 Å². The molecule has 1 atom stereocenters. The van der Waals surface area contributed by atoms with Gasteiger partial charge in [0.2, 0.25) is 0 Å². The molecule has 0 radical (unpaired) electrons. The zero-order valence-corrected chi connectivity index (χ0v) is 9.45. The molecule has 1 aliphatic rings. The Hall–Kier alpha value is -1.09. The Labute approximate surface area is 90.4 Å². The molecule has 3 heteroatoms. The van der Waals surface area contributed by atoms with Crippen LogP contribution in [0.25, 0.3) is 0 Å². The summed E-state index contributed by atoms with van der Waals surface area (Å²) in [5.41, 5.74) is 5.04. The molecule has 1 aromatic rings. The Morgan fingerprint density at radius 1 is 1.60 bits per heavy atom. The minimum Gasteiger partial charge on any atom is -0.394 e. The van der Waals surface area contributed by atoms with Crippen molar-refractivity contribution in [2.24, 2.45) is 5.92 Å². The fraction of sp³-hybridized carbons (Fsp3) is 0.583. The average Bonchev–Trinajstić information content (AvgIpc) is 2.70. The van der Waals surface area contributed by atoms with E-state index in [4.69, 9.17) is 5.11 Å². The van der Waals surface area contributed by atoms with Gasteiger partial charge in [0.15, 0.2) is 0 Å². The third-order valence-electron chi connectivity index (χ3n) is 3.27. The molecule has 0 saturated carbocycles. The second-order valence-corrected chi connectivity index (χ2v) is 4.41. The summed E-state index contributed by atoms with van der Waals surface area (Å²) < 4.78 is 1.95. The van der Waals surface area contributed by atoms with Gasteiger partial charge in [-0.3, -0.25) is 4.68 Å². The smallest absolute Gasteiger partial charge is 0.0644 e. The molecule has 1 aromatic heterocycles. The number of rotatable bonds is 3. The van der Waals surface area contributed by atoms with Crippen LogP contribution in [0.3, 0.4) is 0 Å². The summed E-state index contributed by atoms with van der Waals surface area (Å²) in [7, 11) is 0. The van der Waals surface area contributed by atoms with Crippen molar-refractivity contribution in [2.45, 2.75) is 33.2 Å². The number of allylic oxidation sites excluding steroid dienone is 1. The van der Waals surface area contributed by atoms with Crippen LogP contribution in [-0.4, -0.2) is 21.5 Å². The maximum Gasteiger partial charge on any atom is 0.0644 e. The zero-order valence-electron chi connectivity index (χ0n) is 9.45. The van der Waals surface area contributed by atoms with Crippen molar-refractivity contribution in [3.8, 4) is 0 Å². The Morgan fingerprint density at radius 3 is 2.93 bits per heavy atom. The van der Waals surface area contributed by atoms with Crippen LogP contribution in [0.5, 0.6) is 0 Å². The van der Waals surface area contributed by atoms with E-state index >= 15 is 0 Å². The highest BCUT2D eigenvalue weighted by atomic mass is 16.3.